The van der Waals surface area contributed by atoms with E-state index in [0.29, 0.717) is 11.6 Å². The summed E-state index contributed by atoms with van der Waals surface area (Å²) in [5.41, 5.74) is 1.44. The van der Waals surface area contributed by atoms with E-state index in [1.165, 1.54) is 5.57 Å². The van der Waals surface area contributed by atoms with E-state index >= 15 is 0 Å². The Morgan fingerprint density at radius 2 is 2.27 bits per heavy atom. The monoisotopic (exact) mass is 493 g/mol. The number of rotatable bonds is 8. The molecule has 0 atom stereocenters. The van der Waals surface area contributed by atoms with Crippen LogP contribution in [0.3, 0.4) is 0 Å². The Hall–Kier alpha value is -0.990. The fraction of sp³-hybridized carbons (Fsp3) is 0.526. The third-order valence-corrected chi connectivity index (χ3v) is 4.17. The smallest absolute Gasteiger partial charge is 0.193 e. The van der Waals surface area contributed by atoms with Gasteiger partial charge in [0.15, 0.2) is 5.96 Å². The van der Waals surface area contributed by atoms with Gasteiger partial charge in [-0.2, -0.15) is 0 Å². The zero-order valence-electron chi connectivity index (χ0n) is 15.5. The highest BCUT2D eigenvalue weighted by Gasteiger charge is 2.07. The van der Waals surface area contributed by atoms with E-state index in [1.807, 2.05) is 31.3 Å². The van der Waals surface area contributed by atoms with E-state index < -0.39 is 0 Å². The predicted molar refractivity (Wildman–Crippen MR) is 119 cm³/mol. The Bertz CT molecular complexity index is 596. The van der Waals surface area contributed by atoms with Crippen LogP contribution >= 0.6 is 35.6 Å². The van der Waals surface area contributed by atoms with Crippen molar-refractivity contribution in [3.63, 3.8) is 0 Å². The summed E-state index contributed by atoms with van der Waals surface area (Å²) in [4.78, 5) is 6.81. The lowest BCUT2D eigenvalue weighted by molar-refractivity contribution is 0.153. The van der Waals surface area contributed by atoms with Crippen LogP contribution in [-0.2, 0) is 4.74 Å². The number of likely N-dealkylation sites (N-methyl/N-ethyl adjacent to an activating group) is 1. The minimum Gasteiger partial charge on any atom is -0.492 e. The minimum atomic E-state index is 0. The molecule has 1 heterocycles. The Labute approximate surface area is 178 Å². The molecule has 0 saturated carbocycles. The first-order valence-corrected chi connectivity index (χ1v) is 9.20. The highest BCUT2D eigenvalue weighted by Crippen LogP contribution is 2.17. The van der Waals surface area contributed by atoms with Gasteiger partial charge in [-0.1, -0.05) is 29.3 Å². The van der Waals surface area contributed by atoms with Crippen LogP contribution in [-0.4, -0.2) is 57.4 Å². The maximum atomic E-state index is 5.97. The highest BCUT2D eigenvalue weighted by atomic mass is 127. The summed E-state index contributed by atoms with van der Waals surface area (Å²) in [7, 11) is 2.02. The lowest BCUT2D eigenvalue weighted by atomic mass is 10.1. The minimum absolute atomic E-state index is 0. The first-order chi connectivity index (χ1) is 12.2. The van der Waals surface area contributed by atoms with Crippen molar-refractivity contribution in [2.75, 3.05) is 46.5 Å². The summed E-state index contributed by atoms with van der Waals surface area (Å²) in [6.07, 6.45) is 4.19. The number of hydrogen-bond donors (Lipinski definition) is 1. The van der Waals surface area contributed by atoms with Gasteiger partial charge in [-0.25, -0.2) is 0 Å². The van der Waals surface area contributed by atoms with Gasteiger partial charge < -0.3 is 19.7 Å². The average Bonchev–Trinajstić information content (AvgIpc) is 2.62. The standard InChI is InChI=1S/C19H28ClN3O2.HI/c1-3-21-19(22-10-7-16-8-12-24-13-9-16)23(2)11-14-25-18-6-4-5-17(20)15-18;/h4-6,8,15H,3,7,9-14H2,1-2H3,(H,21,22);1H. The molecule has 1 N–H and O–H groups in total. The maximum absolute atomic E-state index is 5.97. The van der Waals surface area contributed by atoms with Crippen LogP contribution in [0.4, 0.5) is 0 Å². The summed E-state index contributed by atoms with van der Waals surface area (Å²) in [6, 6.07) is 7.46. The van der Waals surface area contributed by atoms with Gasteiger partial charge in [0, 0.05) is 25.2 Å². The third-order valence-electron chi connectivity index (χ3n) is 3.94. The fourth-order valence-electron chi connectivity index (χ4n) is 2.53. The molecule has 2 rings (SSSR count). The van der Waals surface area contributed by atoms with E-state index in [4.69, 9.17) is 26.1 Å². The molecule has 0 bridgehead atoms. The molecule has 0 amide bonds. The van der Waals surface area contributed by atoms with E-state index in [0.717, 1.165) is 57.4 Å². The second-order valence-corrected chi connectivity index (χ2v) is 6.34. The lowest BCUT2D eigenvalue weighted by Gasteiger charge is -2.22. The Morgan fingerprint density at radius 3 is 2.96 bits per heavy atom. The maximum Gasteiger partial charge on any atom is 0.193 e. The van der Waals surface area contributed by atoms with Gasteiger partial charge in [0.05, 0.1) is 19.8 Å². The molecular formula is C19H29ClIN3O2. The van der Waals surface area contributed by atoms with Gasteiger partial charge in [0.25, 0.3) is 0 Å². The van der Waals surface area contributed by atoms with Crippen LogP contribution in [0, 0.1) is 0 Å². The molecule has 5 nitrogen and oxygen atoms in total. The van der Waals surface area contributed by atoms with Crippen molar-refractivity contribution in [1.29, 1.82) is 0 Å². The molecule has 7 heteroatoms. The summed E-state index contributed by atoms with van der Waals surface area (Å²) in [5, 5.41) is 4.02. The fourth-order valence-corrected chi connectivity index (χ4v) is 2.71. The van der Waals surface area contributed by atoms with Crippen molar-refractivity contribution in [2.45, 2.75) is 19.8 Å². The number of guanidine groups is 1. The van der Waals surface area contributed by atoms with Crippen LogP contribution in [0.25, 0.3) is 0 Å². The van der Waals surface area contributed by atoms with Crippen molar-refractivity contribution >= 4 is 41.5 Å². The zero-order valence-corrected chi connectivity index (χ0v) is 18.6. The van der Waals surface area contributed by atoms with Crippen LogP contribution in [0.2, 0.25) is 5.02 Å². The van der Waals surface area contributed by atoms with Crippen LogP contribution in [0.15, 0.2) is 40.9 Å². The van der Waals surface area contributed by atoms with Gasteiger partial charge in [-0.3, -0.25) is 4.99 Å². The van der Waals surface area contributed by atoms with Gasteiger partial charge in [0.1, 0.15) is 12.4 Å². The normalized spacial score (nSPS) is 14.3. The van der Waals surface area contributed by atoms with E-state index in [2.05, 4.69) is 23.2 Å². The van der Waals surface area contributed by atoms with Gasteiger partial charge >= 0.3 is 0 Å². The molecule has 1 aliphatic rings. The molecule has 146 valence electrons. The second kappa shape index (κ2) is 13.2. The molecule has 0 fully saturated rings. The van der Waals surface area contributed by atoms with E-state index in [1.54, 1.807) is 0 Å². The second-order valence-electron chi connectivity index (χ2n) is 5.90. The first-order valence-electron chi connectivity index (χ1n) is 8.82. The van der Waals surface area contributed by atoms with Gasteiger partial charge in [-0.15, -0.1) is 24.0 Å². The van der Waals surface area contributed by atoms with E-state index in [-0.39, 0.29) is 24.0 Å². The molecule has 1 aliphatic heterocycles. The Balaban J connectivity index is 0.00000338. The molecule has 0 aliphatic carbocycles. The molecule has 0 unspecified atom stereocenters. The predicted octanol–water partition coefficient (Wildman–Crippen LogP) is 3.97. The Kier molecular flexibility index (Phi) is 11.7. The van der Waals surface area contributed by atoms with Crippen molar-refractivity contribution in [3.8, 4) is 5.75 Å². The molecule has 0 radical (unpaired) electrons. The van der Waals surface area contributed by atoms with E-state index in [9.17, 15) is 0 Å². The van der Waals surface area contributed by atoms with Crippen molar-refractivity contribution in [2.24, 2.45) is 4.99 Å². The number of hydrogen-bond acceptors (Lipinski definition) is 3. The number of nitrogens with one attached hydrogen (secondary N) is 1. The van der Waals surface area contributed by atoms with Gasteiger partial charge in [0.2, 0.25) is 0 Å². The number of ether oxygens (including phenoxy) is 2. The lowest BCUT2D eigenvalue weighted by Crippen LogP contribution is -2.41. The SMILES string of the molecule is CCNC(=NCCC1=CCOCC1)N(C)CCOc1cccc(Cl)c1.I. The average molecular weight is 494 g/mol. The molecule has 26 heavy (non-hydrogen) atoms. The topological polar surface area (TPSA) is 46.1 Å². The van der Waals surface area contributed by atoms with Gasteiger partial charge in [-0.05, 0) is 38.0 Å². The number of aliphatic imine (C=N–C) groups is 1. The quantitative estimate of drug-likeness (QED) is 0.258. The van der Waals surface area contributed by atoms with Crippen LogP contribution in [0.5, 0.6) is 5.75 Å². The molecule has 1 aromatic rings. The van der Waals surface area contributed by atoms with Crippen molar-refractivity contribution < 1.29 is 9.47 Å². The molecule has 0 spiro atoms. The van der Waals surface area contributed by atoms with Crippen molar-refractivity contribution in [1.82, 2.24) is 10.2 Å². The summed E-state index contributed by atoms with van der Waals surface area (Å²) < 4.78 is 11.1. The highest BCUT2D eigenvalue weighted by molar-refractivity contribution is 14.0. The molecular weight excluding hydrogens is 465 g/mol. The summed E-state index contributed by atoms with van der Waals surface area (Å²) in [6.45, 7) is 6.59. The Morgan fingerprint density at radius 1 is 1.42 bits per heavy atom. The first kappa shape index (κ1) is 23.0. The number of halogens is 2. The number of benzene rings is 1. The third kappa shape index (κ3) is 8.60. The van der Waals surface area contributed by atoms with Crippen LogP contribution in [0.1, 0.15) is 19.8 Å². The summed E-state index contributed by atoms with van der Waals surface area (Å²) >= 11 is 5.97. The number of nitrogens with zero attached hydrogens (tertiary/aromatic N) is 2. The van der Waals surface area contributed by atoms with Crippen molar-refractivity contribution in [3.05, 3.63) is 40.9 Å². The molecule has 0 saturated heterocycles. The largest absolute Gasteiger partial charge is 0.492 e. The molecule has 1 aromatic carbocycles. The van der Waals surface area contributed by atoms with Crippen LogP contribution < -0.4 is 10.1 Å². The zero-order chi connectivity index (χ0) is 17.9. The molecule has 0 aromatic heterocycles. The summed E-state index contributed by atoms with van der Waals surface area (Å²) in [5.74, 6) is 1.69.